The monoisotopic (exact) mass is 628 g/mol. The number of halogens is 3. The number of nitrogens with zero attached hydrogens (tertiary/aromatic N) is 2. The highest BCUT2D eigenvalue weighted by molar-refractivity contribution is 9.10. The Hall–Kier alpha value is -3.07. The van der Waals surface area contributed by atoms with Gasteiger partial charge in [0.05, 0.1) is 35.0 Å². The van der Waals surface area contributed by atoms with Gasteiger partial charge in [0.1, 0.15) is 11.0 Å². The standard InChI is InChI=1S/C29H27BrCl2N4O3/c1-4-39-28(38)25-23(19-12-15-11-17(31)7-10-20(15)34-26(19)32)24-21(13-29(2,3)14-22(24)37)36(27(25)33)35-18-8-5-16(30)6-9-18/h5-12,23,35H,4,13-14,33H2,1-3H3. The van der Waals surface area contributed by atoms with E-state index < -0.39 is 11.9 Å². The number of hydrogen-bond donors (Lipinski definition) is 2. The van der Waals surface area contributed by atoms with Crippen molar-refractivity contribution >= 4 is 67.5 Å². The summed E-state index contributed by atoms with van der Waals surface area (Å²) in [5.41, 5.74) is 12.9. The van der Waals surface area contributed by atoms with Crippen molar-refractivity contribution in [1.29, 1.82) is 0 Å². The number of nitrogens with one attached hydrogen (secondary N) is 1. The molecule has 0 saturated carbocycles. The molecule has 1 aliphatic heterocycles. The first-order valence-corrected chi connectivity index (χ1v) is 14.0. The van der Waals surface area contributed by atoms with Crippen LogP contribution in [0.3, 0.4) is 0 Å². The smallest absolute Gasteiger partial charge is 0.338 e. The average Bonchev–Trinajstić information content (AvgIpc) is 2.86. The largest absolute Gasteiger partial charge is 0.463 e. The number of pyridine rings is 1. The minimum absolute atomic E-state index is 0.0922. The number of esters is 1. The Bertz CT molecular complexity index is 1570. The summed E-state index contributed by atoms with van der Waals surface area (Å²) in [6, 6.07) is 14.6. The second-order valence-corrected chi connectivity index (χ2v) is 12.1. The molecular weight excluding hydrogens is 603 g/mol. The van der Waals surface area contributed by atoms with E-state index in [0.29, 0.717) is 40.2 Å². The molecule has 7 nitrogen and oxygen atoms in total. The van der Waals surface area contributed by atoms with Gasteiger partial charge >= 0.3 is 5.97 Å². The van der Waals surface area contributed by atoms with E-state index in [-0.39, 0.29) is 34.4 Å². The van der Waals surface area contributed by atoms with Crippen molar-refractivity contribution < 1.29 is 14.3 Å². The third-order valence-corrected chi connectivity index (χ3v) is 7.98. The Morgan fingerprint density at radius 3 is 2.59 bits per heavy atom. The molecule has 0 amide bonds. The molecule has 2 aromatic carbocycles. The number of carbonyl (C=O) groups excluding carboxylic acids is 2. The number of ketones is 1. The molecule has 0 spiro atoms. The molecule has 39 heavy (non-hydrogen) atoms. The molecule has 0 fully saturated rings. The molecule has 1 aliphatic carbocycles. The third-order valence-electron chi connectivity index (χ3n) is 6.91. The molecule has 1 unspecified atom stereocenters. The van der Waals surface area contributed by atoms with Crippen LogP contribution in [0, 0.1) is 5.41 Å². The van der Waals surface area contributed by atoms with E-state index in [0.717, 1.165) is 15.5 Å². The van der Waals surface area contributed by atoms with Crippen molar-refractivity contribution in [2.75, 3.05) is 12.0 Å². The summed E-state index contributed by atoms with van der Waals surface area (Å²) in [6.45, 7) is 5.92. The fourth-order valence-electron chi connectivity index (χ4n) is 5.25. The summed E-state index contributed by atoms with van der Waals surface area (Å²) in [4.78, 5) is 32.0. The zero-order chi connectivity index (χ0) is 28.1. The van der Waals surface area contributed by atoms with Crippen molar-refractivity contribution in [3.63, 3.8) is 0 Å². The van der Waals surface area contributed by atoms with Gasteiger partial charge in [0.15, 0.2) is 5.78 Å². The maximum absolute atomic E-state index is 13.9. The molecule has 2 heterocycles. The van der Waals surface area contributed by atoms with Crippen molar-refractivity contribution in [2.45, 2.75) is 39.5 Å². The van der Waals surface area contributed by atoms with E-state index in [1.807, 2.05) is 44.2 Å². The highest BCUT2D eigenvalue weighted by Crippen LogP contribution is 2.50. The first kappa shape index (κ1) is 27.5. The predicted molar refractivity (Wildman–Crippen MR) is 157 cm³/mol. The van der Waals surface area contributed by atoms with E-state index in [9.17, 15) is 9.59 Å². The molecule has 0 bridgehead atoms. The Morgan fingerprint density at radius 1 is 1.18 bits per heavy atom. The quantitative estimate of drug-likeness (QED) is 0.229. The van der Waals surface area contributed by atoms with Gasteiger partial charge in [-0.3, -0.25) is 10.2 Å². The Balaban J connectivity index is 1.77. The highest BCUT2D eigenvalue weighted by atomic mass is 79.9. The maximum Gasteiger partial charge on any atom is 0.338 e. The van der Waals surface area contributed by atoms with Gasteiger partial charge in [-0.1, -0.05) is 53.0 Å². The number of hydrazine groups is 1. The van der Waals surface area contributed by atoms with Gasteiger partial charge in [-0.25, -0.2) is 14.8 Å². The fraction of sp³-hybridized carbons (Fsp3) is 0.276. The van der Waals surface area contributed by atoms with Gasteiger partial charge in [-0.2, -0.15) is 0 Å². The van der Waals surface area contributed by atoms with Gasteiger partial charge in [-0.15, -0.1) is 0 Å². The summed E-state index contributed by atoms with van der Waals surface area (Å²) in [6.07, 6.45) is 0.838. The van der Waals surface area contributed by atoms with Crippen LogP contribution in [0.15, 0.2) is 75.7 Å². The lowest BCUT2D eigenvalue weighted by Gasteiger charge is -2.44. The minimum Gasteiger partial charge on any atom is -0.463 e. The van der Waals surface area contributed by atoms with Gasteiger partial charge in [0.25, 0.3) is 0 Å². The number of fused-ring (bicyclic) bond motifs is 1. The zero-order valence-electron chi connectivity index (χ0n) is 21.6. The molecule has 202 valence electrons. The maximum atomic E-state index is 13.9. The van der Waals surface area contributed by atoms with Crippen molar-refractivity contribution in [1.82, 2.24) is 9.99 Å². The number of Topliss-reactive ketones (excluding diaryl/α,β-unsaturated/α-hetero) is 1. The minimum atomic E-state index is -0.867. The fourth-order valence-corrected chi connectivity index (χ4v) is 5.95. The Labute approximate surface area is 245 Å². The molecular formula is C29H27BrCl2N4O3. The van der Waals surface area contributed by atoms with Crippen LogP contribution in [0.1, 0.15) is 45.1 Å². The number of benzene rings is 2. The lowest BCUT2D eigenvalue weighted by atomic mass is 9.69. The number of anilines is 1. The van der Waals surface area contributed by atoms with Crippen molar-refractivity contribution in [3.8, 4) is 0 Å². The molecule has 1 aromatic heterocycles. The van der Waals surface area contributed by atoms with E-state index in [4.69, 9.17) is 33.7 Å². The molecule has 3 aromatic rings. The molecule has 10 heteroatoms. The van der Waals surface area contributed by atoms with E-state index in [1.54, 1.807) is 30.1 Å². The second-order valence-electron chi connectivity index (χ2n) is 10.4. The van der Waals surface area contributed by atoms with Crippen molar-refractivity contribution in [2.24, 2.45) is 11.1 Å². The number of allylic oxidation sites excluding steroid dienone is 2. The zero-order valence-corrected chi connectivity index (χ0v) is 24.7. The number of nitrogens with two attached hydrogens (primary N) is 1. The van der Waals surface area contributed by atoms with Crippen LogP contribution < -0.4 is 11.2 Å². The number of aromatic nitrogens is 1. The van der Waals surface area contributed by atoms with Crippen molar-refractivity contribution in [3.05, 3.63) is 91.4 Å². The van der Waals surface area contributed by atoms with Crippen LogP contribution in [-0.2, 0) is 14.3 Å². The van der Waals surface area contributed by atoms with Gasteiger partial charge in [-0.05, 0) is 67.3 Å². The predicted octanol–water partition coefficient (Wildman–Crippen LogP) is 7.11. The number of carbonyl (C=O) groups is 2. The van der Waals surface area contributed by atoms with E-state index >= 15 is 0 Å². The van der Waals surface area contributed by atoms with E-state index in [1.165, 1.54) is 0 Å². The third kappa shape index (κ3) is 5.25. The van der Waals surface area contributed by atoms with Crippen LogP contribution in [-0.4, -0.2) is 28.4 Å². The van der Waals surface area contributed by atoms with Crippen LogP contribution in [0.25, 0.3) is 10.9 Å². The first-order valence-electron chi connectivity index (χ1n) is 12.5. The highest BCUT2D eigenvalue weighted by Gasteiger charge is 2.47. The molecule has 0 radical (unpaired) electrons. The SMILES string of the molecule is CCOC(=O)C1=C(N)N(Nc2ccc(Br)cc2)C2=C(C(=O)CC(C)(C)C2)C1c1cc2cc(Cl)ccc2nc1Cl. The Morgan fingerprint density at radius 2 is 1.90 bits per heavy atom. The van der Waals surface area contributed by atoms with Crippen LogP contribution in [0.5, 0.6) is 0 Å². The summed E-state index contributed by atoms with van der Waals surface area (Å²) in [5.74, 6) is -1.46. The average molecular weight is 630 g/mol. The molecule has 0 saturated heterocycles. The van der Waals surface area contributed by atoms with Crippen LogP contribution in [0.2, 0.25) is 10.2 Å². The molecule has 2 aliphatic rings. The first-order chi connectivity index (χ1) is 18.5. The number of rotatable bonds is 5. The number of ether oxygens (including phenoxy) is 1. The molecule has 5 rings (SSSR count). The summed E-state index contributed by atoms with van der Waals surface area (Å²) >= 11 is 16.5. The summed E-state index contributed by atoms with van der Waals surface area (Å²) in [5, 5.41) is 3.06. The lowest BCUT2D eigenvalue weighted by Crippen LogP contribution is -2.45. The van der Waals surface area contributed by atoms with Crippen LogP contribution >= 0.6 is 39.1 Å². The van der Waals surface area contributed by atoms with Gasteiger partial charge in [0, 0.05) is 32.4 Å². The topological polar surface area (TPSA) is 97.5 Å². The Kier molecular flexibility index (Phi) is 7.39. The van der Waals surface area contributed by atoms with Gasteiger partial charge < -0.3 is 10.5 Å². The summed E-state index contributed by atoms with van der Waals surface area (Å²) < 4.78 is 6.38. The van der Waals surface area contributed by atoms with Crippen LogP contribution in [0.4, 0.5) is 5.69 Å². The lowest BCUT2D eigenvalue weighted by molar-refractivity contribution is -0.139. The number of hydrogen-bond acceptors (Lipinski definition) is 7. The normalized spacial score (nSPS) is 18.9. The molecule has 1 atom stereocenters. The molecule has 3 N–H and O–H groups in total. The van der Waals surface area contributed by atoms with Gasteiger partial charge in [0.2, 0.25) is 0 Å². The van der Waals surface area contributed by atoms with E-state index in [2.05, 4.69) is 26.3 Å². The summed E-state index contributed by atoms with van der Waals surface area (Å²) in [7, 11) is 0. The second kappa shape index (κ2) is 10.5.